The van der Waals surface area contributed by atoms with Crippen LogP contribution in [0.2, 0.25) is 0 Å². The molecule has 0 saturated carbocycles. The largest absolute Gasteiger partial charge is 0.337 e. The van der Waals surface area contributed by atoms with E-state index in [4.69, 9.17) is 0 Å². The first-order chi connectivity index (χ1) is 12.6. The summed E-state index contributed by atoms with van der Waals surface area (Å²) in [7, 11) is 0. The molecule has 1 amide bonds. The number of nitrogens with one attached hydrogen (secondary N) is 1. The summed E-state index contributed by atoms with van der Waals surface area (Å²) in [5, 5.41) is 3.56. The van der Waals surface area contributed by atoms with E-state index in [1.807, 2.05) is 4.90 Å². The summed E-state index contributed by atoms with van der Waals surface area (Å²) >= 11 is 0. The smallest absolute Gasteiger partial charge is 0.254 e. The van der Waals surface area contributed by atoms with E-state index < -0.39 is 5.82 Å². The van der Waals surface area contributed by atoms with E-state index in [-0.39, 0.29) is 24.1 Å². The first kappa shape index (κ1) is 19.5. The summed E-state index contributed by atoms with van der Waals surface area (Å²) in [5.74, 6) is -0.758. The lowest BCUT2D eigenvalue weighted by Crippen LogP contribution is -2.39. The van der Waals surface area contributed by atoms with Crippen molar-refractivity contribution in [2.24, 2.45) is 0 Å². The van der Waals surface area contributed by atoms with E-state index in [1.54, 1.807) is 24.3 Å². The normalized spacial score (nSPS) is 21.3. The van der Waals surface area contributed by atoms with Gasteiger partial charge in [-0.2, -0.15) is 0 Å². The molecule has 0 aliphatic carbocycles. The van der Waals surface area contributed by atoms with Gasteiger partial charge in [0.25, 0.3) is 5.91 Å². The van der Waals surface area contributed by atoms with E-state index in [9.17, 15) is 14.0 Å². The van der Waals surface area contributed by atoms with Gasteiger partial charge in [-0.05, 0) is 49.6 Å². The Bertz CT molecular complexity index is 840. The lowest BCUT2D eigenvalue weighted by Gasteiger charge is -2.25. The molecule has 2 heterocycles. The Hall–Kier alpha value is -2.24. The number of hydrogen-bond donors (Lipinski definition) is 1. The average molecular weight is 389 g/mol. The highest BCUT2D eigenvalue weighted by Crippen LogP contribution is 2.23. The monoisotopic (exact) mass is 388 g/mol. The van der Waals surface area contributed by atoms with E-state index >= 15 is 0 Å². The van der Waals surface area contributed by atoms with Gasteiger partial charge in [0, 0.05) is 36.3 Å². The highest BCUT2D eigenvalue weighted by Gasteiger charge is 2.32. The first-order valence-electron chi connectivity index (χ1n) is 9.06. The van der Waals surface area contributed by atoms with Crippen LogP contribution >= 0.6 is 12.4 Å². The Morgan fingerprint density at radius 2 is 1.59 bits per heavy atom. The van der Waals surface area contributed by atoms with Crippen LogP contribution in [0.4, 0.5) is 4.39 Å². The number of hydrogen-bond acceptors (Lipinski definition) is 3. The fourth-order valence-corrected chi connectivity index (χ4v) is 3.92. The lowest BCUT2D eigenvalue weighted by molar-refractivity contribution is 0.0744. The minimum Gasteiger partial charge on any atom is -0.337 e. The van der Waals surface area contributed by atoms with Crippen molar-refractivity contribution in [3.05, 3.63) is 71.0 Å². The molecule has 1 N–H and O–H groups in total. The number of carbonyl (C=O) groups excluding carboxylic acids is 2. The van der Waals surface area contributed by atoms with Crippen LogP contribution in [-0.2, 0) is 0 Å². The maximum Gasteiger partial charge on any atom is 0.254 e. The fourth-order valence-electron chi connectivity index (χ4n) is 3.92. The molecule has 2 bridgehead atoms. The van der Waals surface area contributed by atoms with Crippen LogP contribution in [0.1, 0.15) is 45.5 Å². The van der Waals surface area contributed by atoms with Gasteiger partial charge in [-0.15, -0.1) is 12.4 Å². The van der Waals surface area contributed by atoms with Gasteiger partial charge in [0.15, 0.2) is 5.78 Å². The minimum absolute atomic E-state index is 0. The third-order valence-corrected chi connectivity index (χ3v) is 5.32. The number of carbonyl (C=O) groups is 2. The van der Waals surface area contributed by atoms with E-state index in [0.29, 0.717) is 41.9 Å². The van der Waals surface area contributed by atoms with Gasteiger partial charge in [0.1, 0.15) is 5.82 Å². The zero-order chi connectivity index (χ0) is 18.1. The molecule has 2 unspecified atom stereocenters. The van der Waals surface area contributed by atoms with Crippen molar-refractivity contribution in [3.63, 3.8) is 0 Å². The Morgan fingerprint density at radius 3 is 2.33 bits per heavy atom. The van der Waals surface area contributed by atoms with Crippen molar-refractivity contribution in [1.29, 1.82) is 0 Å². The maximum atomic E-state index is 13.1. The number of fused-ring (bicyclic) bond motifs is 2. The highest BCUT2D eigenvalue weighted by atomic mass is 35.5. The molecule has 142 valence electrons. The Balaban J connectivity index is 0.00000210. The number of benzene rings is 2. The Morgan fingerprint density at radius 1 is 0.926 bits per heavy atom. The number of halogens is 2. The van der Waals surface area contributed by atoms with Crippen LogP contribution in [0.5, 0.6) is 0 Å². The molecule has 0 aromatic heterocycles. The van der Waals surface area contributed by atoms with Crippen molar-refractivity contribution >= 4 is 24.1 Å². The zero-order valence-electron chi connectivity index (χ0n) is 14.9. The van der Waals surface area contributed by atoms with E-state index in [0.717, 1.165) is 12.8 Å². The summed E-state index contributed by atoms with van der Waals surface area (Å²) in [5.41, 5.74) is 1.16. The molecule has 2 aliphatic rings. The zero-order valence-corrected chi connectivity index (χ0v) is 15.7. The number of amides is 1. The van der Waals surface area contributed by atoms with Crippen molar-refractivity contribution in [3.8, 4) is 0 Å². The van der Waals surface area contributed by atoms with Gasteiger partial charge in [-0.25, -0.2) is 4.39 Å². The van der Waals surface area contributed by atoms with Crippen molar-refractivity contribution in [2.75, 3.05) is 13.1 Å². The first-order valence-corrected chi connectivity index (χ1v) is 9.06. The molecule has 0 spiro atoms. The van der Waals surface area contributed by atoms with E-state index in [1.165, 1.54) is 30.7 Å². The topological polar surface area (TPSA) is 49.4 Å². The van der Waals surface area contributed by atoms with Gasteiger partial charge >= 0.3 is 0 Å². The van der Waals surface area contributed by atoms with Crippen molar-refractivity contribution in [2.45, 2.75) is 31.3 Å². The van der Waals surface area contributed by atoms with Crippen molar-refractivity contribution < 1.29 is 14.0 Å². The molecule has 0 radical (unpaired) electrons. The highest BCUT2D eigenvalue weighted by molar-refractivity contribution is 6.15. The second-order valence-electron chi connectivity index (χ2n) is 7.06. The average Bonchev–Trinajstić information content (AvgIpc) is 3.00. The SMILES string of the molecule is Cl.O=C(c1ccc(F)cc1)c1ccccc1C(=O)N1CCC2CCC(C1)N2. The van der Waals surface area contributed by atoms with Crippen LogP contribution in [0.25, 0.3) is 0 Å². The quantitative estimate of drug-likeness (QED) is 0.819. The Kier molecular flexibility index (Phi) is 5.92. The third kappa shape index (κ3) is 4.04. The van der Waals surface area contributed by atoms with Gasteiger partial charge in [0.2, 0.25) is 0 Å². The van der Waals surface area contributed by atoms with Crippen molar-refractivity contribution in [1.82, 2.24) is 10.2 Å². The standard InChI is InChI=1S/C21H21FN2O2.ClH/c22-15-7-5-14(6-8-15)20(25)18-3-1-2-4-19(18)21(26)24-12-11-16-9-10-17(13-24)23-16;/h1-8,16-17,23H,9-13H2;1H. The molecular formula is C21H22ClFN2O2. The van der Waals surface area contributed by atoms with Gasteiger partial charge in [0.05, 0.1) is 5.56 Å². The summed E-state index contributed by atoms with van der Waals surface area (Å²) < 4.78 is 13.1. The fraction of sp³-hybridized carbons (Fsp3) is 0.333. The van der Waals surface area contributed by atoms with Gasteiger partial charge < -0.3 is 10.2 Å². The molecule has 27 heavy (non-hydrogen) atoms. The maximum absolute atomic E-state index is 13.1. The molecule has 2 aromatic carbocycles. The van der Waals surface area contributed by atoms with Gasteiger partial charge in [-0.1, -0.05) is 18.2 Å². The molecular weight excluding hydrogens is 367 g/mol. The van der Waals surface area contributed by atoms with Gasteiger partial charge in [-0.3, -0.25) is 9.59 Å². The number of ketones is 1. The van der Waals surface area contributed by atoms with Crippen LogP contribution in [0, 0.1) is 5.82 Å². The molecule has 6 heteroatoms. The molecule has 2 atom stereocenters. The molecule has 2 aromatic rings. The Labute approximate surface area is 164 Å². The van der Waals surface area contributed by atoms with Crippen LogP contribution in [0.3, 0.4) is 0 Å². The second kappa shape index (κ2) is 8.19. The third-order valence-electron chi connectivity index (χ3n) is 5.32. The molecule has 4 nitrogen and oxygen atoms in total. The molecule has 2 aliphatic heterocycles. The number of nitrogens with zero attached hydrogens (tertiary/aromatic N) is 1. The number of likely N-dealkylation sites (tertiary alicyclic amines) is 1. The number of rotatable bonds is 3. The van der Waals surface area contributed by atoms with Crippen LogP contribution < -0.4 is 5.32 Å². The van der Waals surface area contributed by atoms with Crippen LogP contribution in [-0.4, -0.2) is 41.8 Å². The summed E-state index contributed by atoms with van der Waals surface area (Å²) in [6.07, 6.45) is 3.20. The molecule has 2 saturated heterocycles. The lowest BCUT2D eigenvalue weighted by atomic mass is 9.97. The molecule has 4 rings (SSSR count). The predicted octanol–water partition coefficient (Wildman–Crippen LogP) is 3.45. The van der Waals surface area contributed by atoms with Crippen LogP contribution in [0.15, 0.2) is 48.5 Å². The van der Waals surface area contributed by atoms with E-state index in [2.05, 4.69) is 5.32 Å². The second-order valence-corrected chi connectivity index (χ2v) is 7.06. The summed E-state index contributed by atoms with van der Waals surface area (Å²) in [6, 6.07) is 13.2. The summed E-state index contributed by atoms with van der Waals surface area (Å²) in [4.78, 5) is 27.8. The summed E-state index contributed by atoms with van der Waals surface area (Å²) in [6.45, 7) is 1.38. The predicted molar refractivity (Wildman–Crippen MR) is 104 cm³/mol. The molecule has 2 fully saturated rings. The minimum atomic E-state index is -0.391.